The fourth-order valence-corrected chi connectivity index (χ4v) is 4.68. The van der Waals surface area contributed by atoms with E-state index in [4.69, 9.17) is 0 Å². The first-order chi connectivity index (χ1) is 16.3. The van der Waals surface area contributed by atoms with Crippen LogP contribution in [0.25, 0.3) is 16.7 Å². The van der Waals surface area contributed by atoms with Crippen LogP contribution in [0.2, 0.25) is 0 Å². The fourth-order valence-electron chi connectivity index (χ4n) is 4.68. The highest BCUT2D eigenvalue weighted by molar-refractivity contribution is 6.13. The van der Waals surface area contributed by atoms with E-state index in [1.165, 1.54) is 6.07 Å². The minimum absolute atomic E-state index is 0.227. The van der Waals surface area contributed by atoms with E-state index in [0.717, 1.165) is 37.3 Å². The Morgan fingerprint density at radius 2 is 1.85 bits per heavy atom. The molecule has 5 rings (SSSR count). The van der Waals surface area contributed by atoms with E-state index in [9.17, 15) is 9.18 Å². The molecule has 4 heterocycles. The number of imidazole rings is 1. The molecule has 0 radical (unpaired) electrons. The third-order valence-electron chi connectivity index (χ3n) is 6.46. The van der Waals surface area contributed by atoms with Gasteiger partial charge in [-0.15, -0.1) is 0 Å². The van der Waals surface area contributed by atoms with Crippen LogP contribution < -0.4 is 10.2 Å². The Kier molecular flexibility index (Phi) is 5.65. The van der Waals surface area contributed by atoms with E-state index < -0.39 is 5.82 Å². The summed E-state index contributed by atoms with van der Waals surface area (Å²) >= 11 is 0. The van der Waals surface area contributed by atoms with Crippen molar-refractivity contribution in [2.45, 2.75) is 32.7 Å². The van der Waals surface area contributed by atoms with Crippen LogP contribution in [-0.2, 0) is 0 Å². The number of piperidine rings is 1. The monoisotopic (exact) mass is 461 g/mol. The van der Waals surface area contributed by atoms with Crippen LogP contribution >= 0.6 is 0 Å². The zero-order chi connectivity index (χ0) is 24.0. The zero-order valence-corrected chi connectivity index (χ0v) is 19.8. The Labute approximate surface area is 197 Å². The second kappa shape index (κ2) is 8.64. The number of carbonyl (C=O) groups is 1. The maximum atomic E-state index is 14.5. The molecule has 176 valence electrons. The molecular weight excluding hydrogens is 433 g/mol. The molecule has 9 heteroatoms. The van der Waals surface area contributed by atoms with Gasteiger partial charge < -0.3 is 19.5 Å². The number of pyridine rings is 1. The number of halogens is 1. The van der Waals surface area contributed by atoms with E-state index in [2.05, 4.69) is 44.2 Å². The summed E-state index contributed by atoms with van der Waals surface area (Å²) in [7, 11) is 4.24. The number of amides is 1. The first-order valence-electron chi connectivity index (χ1n) is 11.4. The van der Waals surface area contributed by atoms with Gasteiger partial charge in [0.05, 0.1) is 28.3 Å². The molecule has 0 saturated carbocycles. The van der Waals surface area contributed by atoms with Gasteiger partial charge >= 0.3 is 0 Å². The minimum Gasteiger partial charge on any atom is -0.370 e. The SMILES string of the molecule is Cc1cnc2c(N3CCC(N(C)C)CC3)ccc(C(=O)Nc3cc(F)c4nc(C)cn4c3)c2n1. The molecule has 0 atom stereocenters. The van der Waals surface area contributed by atoms with Crippen LogP contribution in [0.4, 0.5) is 15.8 Å². The van der Waals surface area contributed by atoms with Crippen LogP contribution in [0.3, 0.4) is 0 Å². The summed E-state index contributed by atoms with van der Waals surface area (Å²) < 4.78 is 16.1. The summed E-state index contributed by atoms with van der Waals surface area (Å²) in [4.78, 5) is 31.3. The molecule has 1 fully saturated rings. The molecule has 3 aromatic heterocycles. The number of nitrogens with one attached hydrogen (secondary N) is 1. The number of rotatable bonds is 4. The smallest absolute Gasteiger partial charge is 0.257 e. The second-order valence-electron chi connectivity index (χ2n) is 9.17. The lowest BCUT2D eigenvalue weighted by Crippen LogP contribution is -2.42. The number of aryl methyl sites for hydroxylation is 2. The summed E-state index contributed by atoms with van der Waals surface area (Å²) in [5, 5.41) is 2.81. The molecule has 8 nitrogen and oxygen atoms in total. The molecule has 1 aromatic carbocycles. The van der Waals surface area contributed by atoms with Gasteiger partial charge in [-0.1, -0.05) is 0 Å². The highest BCUT2D eigenvalue weighted by Crippen LogP contribution is 2.30. The molecule has 0 spiro atoms. The molecular formula is C25H28FN7O. The lowest BCUT2D eigenvalue weighted by Gasteiger charge is -2.36. The van der Waals surface area contributed by atoms with Gasteiger partial charge in [0, 0.05) is 43.8 Å². The van der Waals surface area contributed by atoms with Crippen molar-refractivity contribution in [1.29, 1.82) is 0 Å². The van der Waals surface area contributed by atoms with Gasteiger partial charge in [0.15, 0.2) is 11.5 Å². The predicted molar refractivity (Wildman–Crippen MR) is 131 cm³/mol. The number of benzene rings is 1. The molecule has 1 N–H and O–H groups in total. The third kappa shape index (κ3) is 4.07. The van der Waals surface area contributed by atoms with E-state index >= 15 is 0 Å². The van der Waals surface area contributed by atoms with E-state index in [1.807, 2.05) is 13.0 Å². The van der Waals surface area contributed by atoms with E-state index in [1.54, 1.807) is 36.0 Å². The number of fused-ring (bicyclic) bond motifs is 2. The Bertz CT molecular complexity index is 1390. The van der Waals surface area contributed by atoms with Gasteiger partial charge in [-0.25, -0.2) is 14.4 Å². The standard InChI is InChI=1S/C25H28FN7O/c1-15-12-27-23-21(32-9-7-18(8-10-32)31(3)4)6-5-19(22(23)28-15)25(34)30-17-11-20(26)24-29-16(2)13-33(24)14-17/h5-6,11-14,18H,7-10H2,1-4H3,(H,30,34). The highest BCUT2D eigenvalue weighted by atomic mass is 19.1. The topological polar surface area (TPSA) is 78.7 Å². The van der Waals surface area contributed by atoms with Gasteiger partial charge in [0.2, 0.25) is 0 Å². The lowest BCUT2D eigenvalue weighted by molar-refractivity contribution is 0.102. The Morgan fingerprint density at radius 1 is 1.09 bits per heavy atom. The predicted octanol–water partition coefficient (Wildman–Crippen LogP) is 3.82. The fraction of sp³-hybridized carbons (Fsp3) is 0.360. The quantitative estimate of drug-likeness (QED) is 0.498. The molecule has 1 saturated heterocycles. The van der Waals surface area contributed by atoms with Crippen molar-refractivity contribution in [2.75, 3.05) is 37.4 Å². The van der Waals surface area contributed by atoms with Crippen LogP contribution in [-0.4, -0.2) is 63.4 Å². The number of nitrogens with zero attached hydrogens (tertiary/aromatic N) is 6. The summed E-state index contributed by atoms with van der Waals surface area (Å²) in [5.41, 5.74) is 4.63. The van der Waals surface area contributed by atoms with Gasteiger partial charge in [-0.3, -0.25) is 9.78 Å². The van der Waals surface area contributed by atoms with Crippen LogP contribution in [0.1, 0.15) is 34.6 Å². The molecule has 1 aliphatic heterocycles. The van der Waals surface area contributed by atoms with Crippen molar-refractivity contribution in [2.24, 2.45) is 0 Å². The number of hydrogen-bond acceptors (Lipinski definition) is 6. The minimum atomic E-state index is -0.497. The maximum absolute atomic E-state index is 14.5. The molecule has 1 aliphatic rings. The van der Waals surface area contributed by atoms with Gasteiger partial charge in [-0.05, 0) is 52.9 Å². The highest BCUT2D eigenvalue weighted by Gasteiger charge is 2.24. The van der Waals surface area contributed by atoms with Crippen molar-refractivity contribution in [3.8, 4) is 0 Å². The second-order valence-corrected chi connectivity index (χ2v) is 9.17. The van der Waals surface area contributed by atoms with Gasteiger partial charge in [-0.2, -0.15) is 0 Å². The number of carbonyl (C=O) groups excluding carboxylic acids is 1. The van der Waals surface area contributed by atoms with Crippen molar-refractivity contribution in [1.82, 2.24) is 24.3 Å². The summed E-state index contributed by atoms with van der Waals surface area (Å²) in [6.45, 7) is 5.49. The molecule has 4 aromatic rings. The third-order valence-corrected chi connectivity index (χ3v) is 6.46. The van der Waals surface area contributed by atoms with Crippen molar-refractivity contribution < 1.29 is 9.18 Å². The number of hydrogen-bond donors (Lipinski definition) is 1. The average molecular weight is 462 g/mol. The summed E-state index contributed by atoms with van der Waals surface area (Å²) in [6, 6.07) is 5.58. The first kappa shape index (κ1) is 22.2. The zero-order valence-electron chi connectivity index (χ0n) is 19.8. The molecule has 0 unspecified atom stereocenters. The van der Waals surface area contributed by atoms with Crippen molar-refractivity contribution in [3.05, 3.63) is 59.6 Å². The van der Waals surface area contributed by atoms with Crippen LogP contribution in [0.15, 0.2) is 36.8 Å². The first-order valence-corrected chi connectivity index (χ1v) is 11.4. The maximum Gasteiger partial charge on any atom is 0.257 e. The van der Waals surface area contributed by atoms with Gasteiger partial charge in [0.1, 0.15) is 11.0 Å². The number of anilines is 2. The molecule has 34 heavy (non-hydrogen) atoms. The largest absolute Gasteiger partial charge is 0.370 e. The molecule has 0 bridgehead atoms. The molecule has 0 aliphatic carbocycles. The Morgan fingerprint density at radius 3 is 2.59 bits per heavy atom. The van der Waals surface area contributed by atoms with E-state index in [0.29, 0.717) is 34.0 Å². The average Bonchev–Trinajstić information content (AvgIpc) is 3.19. The van der Waals surface area contributed by atoms with Gasteiger partial charge in [0.25, 0.3) is 5.91 Å². The van der Waals surface area contributed by atoms with E-state index in [-0.39, 0.29) is 11.6 Å². The lowest BCUT2D eigenvalue weighted by atomic mass is 10.0. The van der Waals surface area contributed by atoms with Crippen molar-refractivity contribution >= 4 is 34.0 Å². The number of aromatic nitrogens is 4. The van der Waals surface area contributed by atoms with Crippen molar-refractivity contribution in [3.63, 3.8) is 0 Å². The van der Waals surface area contributed by atoms with Crippen LogP contribution in [0, 0.1) is 19.7 Å². The summed E-state index contributed by atoms with van der Waals surface area (Å²) in [6.07, 6.45) is 7.23. The Balaban J connectivity index is 1.47. The summed E-state index contributed by atoms with van der Waals surface area (Å²) in [5.74, 6) is -0.860. The normalized spacial score (nSPS) is 14.9. The Hall–Kier alpha value is -3.59. The van der Waals surface area contributed by atoms with Crippen LogP contribution in [0.5, 0.6) is 0 Å². The molecule has 1 amide bonds.